The van der Waals surface area contributed by atoms with E-state index in [0.29, 0.717) is 12.2 Å². The summed E-state index contributed by atoms with van der Waals surface area (Å²) in [5.41, 5.74) is 4.19. The largest absolute Gasteiger partial charge is 0.478 e. The maximum Gasteiger partial charge on any atom is 0.337 e. The number of carboxylic acid groups (broad SMARTS) is 1. The normalized spacial score (nSPS) is 11.1. The van der Waals surface area contributed by atoms with Gasteiger partial charge >= 0.3 is 5.97 Å². The summed E-state index contributed by atoms with van der Waals surface area (Å²) < 4.78 is 1.67. The van der Waals surface area contributed by atoms with E-state index in [9.17, 15) is 14.7 Å². The highest BCUT2D eigenvalue weighted by atomic mass is 35.5. The summed E-state index contributed by atoms with van der Waals surface area (Å²) >= 11 is 0. The Morgan fingerprint density at radius 3 is 2.19 bits per heavy atom. The molecule has 3 rings (SSSR count). The van der Waals surface area contributed by atoms with Crippen LogP contribution in [0.15, 0.2) is 54.6 Å². The number of nitrogens with one attached hydrogen (secondary N) is 1. The van der Waals surface area contributed by atoms with Crippen LogP contribution in [-0.2, 0) is 17.8 Å². The summed E-state index contributed by atoms with van der Waals surface area (Å²) in [6.45, 7) is 8.49. The first-order chi connectivity index (χ1) is 17.3. The number of nitrogens with zero attached hydrogens (tertiary/aromatic N) is 2. The van der Waals surface area contributed by atoms with Crippen molar-refractivity contribution in [1.82, 2.24) is 15.1 Å². The summed E-state index contributed by atoms with van der Waals surface area (Å²) in [7, 11) is 0. The smallest absolute Gasteiger partial charge is 0.337 e. The lowest BCUT2D eigenvalue weighted by atomic mass is 9.74. The van der Waals surface area contributed by atoms with Gasteiger partial charge in [-0.15, -0.1) is 12.4 Å². The molecule has 1 aromatic heterocycles. The Labute approximate surface area is 226 Å². The van der Waals surface area contributed by atoms with Crippen molar-refractivity contribution >= 4 is 24.3 Å². The van der Waals surface area contributed by atoms with Gasteiger partial charge in [-0.05, 0) is 63.6 Å². The maximum absolute atomic E-state index is 13.7. The summed E-state index contributed by atoms with van der Waals surface area (Å²) in [6, 6.07) is 17.3. The van der Waals surface area contributed by atoms with Gasteiger partial charge in [-0.3, -0.25) is 4.79 Å². The van der Waals surface area contributed by atoms with E-state index in [1.165, 1.54) is 5.56 Å². The molecule has 0 aliphatic heterocycles. The number of halogens is 1. The molecule has 1 heterocycles. The van der Waals surface area contributed by atoms with Crippen LogP contribution in [0.2, 0.25) is 0 Å². The second-order valence-corrected chi connectivity index (χ2v) is 9.69. The van der Waals surface area contributed by atoms with Crippen LogP contribution >= 0.6 is 12.4 Å². The van der Waals surface area contributed by atoms with Crippen molar-refractivity contribution < 1.29 is 14.7 Å². The molecule has 0 saturated carbocycles. The summed E-state index contributed by atoms with van der Waals surface area (Å²) in [4.78, 5) is 25.4. The number of rotatable bonds is 13. The summed E-state index contributed by atoms with van der Waals surface area (Å²) in [6.07, 6.45) is 6.45. The Hall–Kier alpha value is -3.12. The zero-order valence-electron chi connectivity index (χ0n) is 22.4. The van der Waals surface area contributed by atoms with Crippen molar-refractivity contribution in [2.45, 2.75) is 79.2 Å². The molecule has 0 spiro atoms. The van der Waals surface area contributed by atoms with Crippen molar-refractivity contribution in [2.24, 2.45) is 5.41 Å². The Bertz CT molecular complexity index is 1170. The van der Waals surface area contributed by atoms with Gasteiger partial charge in [-0.25, -0.2) is 9.48 Å². The Balaban J connectivity index is 0.00000481. The molecule has 0 saturated heterocycles. The number of aromatic nitrogens is 2. The lowest BCUT2D eigenvalue weighted by Crippen LogP contribution is -2.41. The molecule has 0 bridgehead atoms. The van der Waals surface area contributed by atoms with Crippen LogP contribution < -0.4 is 5.32 Å². The fourth-order valence-corrected chi connectivity index (χ4v) is 5.31. The SMILES string of the molecule is CCCC(CCC)(CCCc1ccccc1)C(=O)NCc1c(C)nn(-c2ccccc2C(=O)O)c1C.Cl. The van der Waals surface area contributed by atoms with Crippen molar-refractivity contribution in [1.29, 1.82) is 0 Å². The molecule has 0 radical (unpaired) electrons. The fraction of sp³-hybridized carbons (Fsp3) is 0.433. The zero-order chi connectivity index (χ0) is 26.1. The molecule has 0 atom stereocenters. The van der Waals surface area contributed by atoms with Crippen molar-refractivity contribution in [3.8, 4) is 5.69 Å². The molecule has 2 N–H and O–H groups in total. The quantitative estimate of drug-likeness (QED) is 0.256. The third-order valence-electron chi connectivity index (χ3n) is 7.13. The fourth-order valence-electron chi connectivity index (χ4n) is 5.31. The summed E-state index contributed by atoms with van der Waals surface area (Å²) in [5, 5.41) is 17.5. The third kappa shape index (κ3) is 7.22. The Kier molecular flexibility index (Phi) is 11.4. The summed E-state index contributed by atoms with van der Waals surface area (Å²) in [5.74, 6) is -0.885. The van der Waals surface area contributed by atoms with Crippen molar-refractivity contribution in [2.75, 3.05) is 0 Å². The molecule has 0 aliphatic carbocycles. The van der Waals surface area contributed by atoms with Gasteiger partial charge in [0.05, 0.1) is 16.9 Å². The second kappa shape index (κ2) is 14.0. The van der Waals surface area contributed by atoms with E-state index in [-0.39, 0.29) is 29.3 Å². The number of aromatic carboxylic acids is 1. The van der Waals surface area contributed by atoms with Gasteiger partial charge in [0, 0.05) is 23.2 Å². The molecule has 37 heavy (non-hydrogen) atoms. The first kappa shape index (κ1) is 30.1. The molecule has 7 heteroatoms. The average Bonchev–Trinajstić information content (AvgIpc) is 3.16. The van der Waals surface area contributed by atoms with E-state index in [0.717, 1.165) is 61.9 Å². The van der Waals surface area contributed by atoms with E-state index in [2.05, 4.69) is 48.5 Å². The van der Waals surface area contributed by atoms with Crippen LogP contribution in [0, 0.1) is 19.3 Å². The number of hydrogen-bond acceptors (Lipinski definition) is 3. The highest BCUT2D eigenvalue weighted by Gasteiger charge is 2.36. The van der Waals surface area contributed by atoms with Gasteiger partial charge in [-0.2, -0.15) is 5.10 Å². The van der Waals surface area contributed by atoms with Gasteiger partial charge in [-0.1, -0.05) is 69.2 Å². The predicted octanol–water partition coefficient (Wildman–Crippen LogP) is 6.83. The van der Waals surface area contributed by atoms with Crippen LogP contribution in [-0.4, -0.2) is 26.8 Å². The number of hydrogen-bond donors (Lipinski definition) is 2. The van der Waals surface area contributed by atoms with Crippen LogP contribution in [0.4, 0.5) is 0 Å². The van der Waals surface area contributed by atoms with Crippen LogP contribution in [0.1, 0.15) is 85.2 Å². The molecule has 3 aromatic rings. The molecule has 0 fully saturated rings. The number of para-hydroxylation sites is 1. The highest BCUT2D eigenvalue weighted by molar-refractivity contribution is 5.92. The average molecular weight is 526 g/mol. The van der Waals surface area contributed by atoms with Gasteiger partial charge < -0.3 is 10.4 Å². The first-order valence-electron chi connectivity index (χ1n) is 13.0. The van der Waals surface area contributed by atoms with Gasteiger partial charge in [0.25, 0.3) is 0 Å². The number of aryl methyl sites for hydroxylation is 2. The van der Waals surface area contributed by atoms with Gasteiger partial charge in [0.1, 0.15) is 0 Å². The van der Waals surface area contributed by atoms with E-state index in [4.69, 9.17) is 0 Å². The monoisotopic (exact) mass is 525 g/mol. The molecular formula is C30H40ClN3O3. The molecule has 1 amide bonds. The number of benzene rings is 2. The van der Waals surface area contributed by atoms with E-state index in [1.807, 2.05) is 19.9 Å². The standard InChI is InChI=1S/C30H39N3O3.ClH/c1-5-18-30(19-6-2,20-12-15-24-13-8-7-9-14-24)29(36)31-21-26-22(3)32-33(23(26)4)27-17-11-10-16-25(27)28(34)35;/h7-11,13-14,16-17H,5-6,12,15,18-21H2,1-4H3,(H,31,36)(H,34,35);1H. The Morgan fingerprint density at radius 2 is 1.57 bits per heavy atom. The predicted molar refractivity (Wildman–Crippen MR) is 151 cm³/mol. The number of carbonyl (C=O) groups excluding carboxylic acids is 1. The first-order valence-corrected chi connectivity index (χ1v) is 13.0. The van der Waals surface area contributed by atoms with Gasteiger partial charge in [0.15, 0.2) is 0 Å². The minimum atomic E-state index is -0.993. The lowest BCUT2D eigenvalue weighted by Gasteiger charge is -2.32. The molecule has 200 valence electrons. The zero-order valence-corrected chi connectivity index (χ0v) is 23.2. The Morgan fingerprint density at radius 1 is 0.946 bits per heavy atom. The molecule has 0 aliphatic rings. The van der Waals surface area contributed by atoms with Gasteiger partial charge in [0.2, 0.25) is 5.91 Å². The van der Waals surface area contributed by atoms with Crippen molar-refractivity contribution in [3.05, 3.63) is 82.7 Å². The number of carboxylic acids is 1. The molecular weight excluding hydrogens is 486 g/mol. The van der Waals surface area contributed by atoms with E-state index >= 15 is 0 Å². The minimum absolute atomic E-state index is 0. The van der Waals surface area contributed by atoms with E-state index < -0.39 is 5.97 Å². The van der Waals surface area contributed by atoms with Crippen LogP contribution in [0.5, 0.6) is 0 Å². The number of carbonyl (C=O) groups is 2. The number of amides is 1. The third-order valence-corrected chi connectivity index (χ3v) is 7.13. The topological polar surface area (TPSA) is 84.2 Å². The molecule has 2 aromatic carbocycles. The second-order valence-electron chi connectivity index (χ2n) is 9.69. The highest BCUT2D eigenvalue weighted by Crippen LogP contribution is 2.36. The maximum atomic E-state index is 13.7. The van der Waals surface area contributed by atoms with E-state index in [1.54, 1.807) is 28.9 Å². The lowest BCUT2D eigenvalue weighted by molar-refractivity contribution is -0.132. The van der Waals surface area contributed by atoms with Crippen LogP contribution in [0.3, 0.4) is 0 Å². The van der Waals surface area contributed by atoms with Crippen molar-refractivity contribution in [3.63, 3.8) is 0 Å². The molecule has 6 nitrogen and oxygen atoms in total. The minimum Gasteiger partial charge on any atom is -0.478 e. The van der Waals surface area contributed by atoms with Crippen LogP contribution in [0.25, 0.3) is 5.69 Å². The molecule has 0 unspecified atom stereocenters.